The fourth-order valence-electron chi connectivity index (χ4n) is 3.93. The standard InChI is InChI=1S/C25H38N2O3S/c1-7-10-11-23(29-6)21-14-12-20(21)17-27(8-2)22-16-19(13-15-24(22)30-9-3)25(28)26-31-18(4)5/h9-11,13,15-16,18,20-21,23H,3,7-8,12,14,17H2,1-2,4-6H3,(H,26,28)/b11-10+. The van der Waals surface area contributed by atoms with Crippen LogP contribution in [0.1, 0.15) is 57.3 Å². The van der Waals surface area contributed by atoms with E-state index in [0.29, 0.717) is 22.6 Å². The van der Waals surface area contributed by atoms with Crippen LogP contribution >= 0.6 is 11.9 Å². The average Bonchev–Trinajstić information content (AvgIpc) is 2.75. The van der Waals surface area contributed by atoms with Crippen LogP contribution in [0.25, 0.3) is 0 Å². The molecular formula is C25H38N2O3S. The SMILES string of the molecule is C=COc1ccc(C(=O)NSC(C)C)cc1N(CC)CC1CCC1C(/C=C/CC)OC. The van der Waals surface area contributed by atoms with E-state index in [1.807, 2.05) is 26.0 Å². The second-order valence-corrected chi connectivity index (χ2v) is 9.52. The van der Waals surface area contributed by atoms with Gasteiger partial charge in [-0.1, -0.05) is 39.5 Å². The molecule has 0 aliphatic heterocycles. The molecule has 0 saturated heterocycles. The van der Waals surface area contributed by atoms with Crippen molar-refractivity contribution in [1.82, 2.24) is 4.72 Å². The molecule has 5 nitrogen and oxygen atoms in total. The molecule has 1 aromatic carbocycles. The van der Waals surface area contributed by atoms with Crippen LogP contribution in [-0.4, -0.2) is 37.5 Å². The molecule has 0 heterocycles. The molecular weight excluding hydrogens is 408 g/mol. The first-order valence-electron chi connectivity index (χ1n) is 11.3. The maximum Gasteiger partial charge on any atom is 0.261 e. The molecule has 6 heteroatoms. The molecule has 1 aromatic rings. The number of ether oxygens (including phenoxy) is 2. The molecule has 0 radical (unpaired) electrons. The van der Waals surface area contributed by atoms with Crippen molar-refractivity contribution in [1.29, 1.82) is 0 Å². The lowest BCUT2D eigenvalue weighted by molar-refractivity contribution is 0.0136. The molecule has 1 saturated carbocycles. The first-order chi connectivity index (χ1) is 14.9. The van der Waals surface area contributed by atoms with E-state index in [2.05, 4.69) is 42.2 Å². The van der Waals surface area contributed by atoms with Crippen molar-refractivity contribution in [2.45, 2.75) is 58.3 Å². The topological polar surface area (TPSA) is 50.8 Å². The van der Waals surface area contributed by atoms with Gasteiger partial charge in [0.05, 0.1) is 18.1 Å². The zero-order chi connectivity index (χ0) is 22.8. The van der Waals surface area contributed by atoms with Gasteiger partial charge in [0.1, 0.15) is 5.75 Å². The Labute approximate surface area is 192 Å². The van der Waals surface area contributed by atoms with Crippen molar-refractivity contribution in [3.63, 3.8) is 0 Å². The number of carbonyl (C=O) groups is 1. The molecule has 0 spiro atoms. The van der Waals surface area contributed by atoms with Crippen molar-refractivity contribution in [3.8, 4) is 5.75 Å². The summed E-state index contributed by atoms with van der Waals surface area (Å²) in [5.41, 5.74) is 1.55. The molecule has 0 aromatic heterocycles. The summed E-state index contributed by atoms with van der Waals surface area (Å²) < 4.78 is 14.4. The number of rotatable bonds is 13. The minimum Gasteiger partial charge on any atom is -0.463 e. The van der Waals surface area contributed by atoms with Gasteiger partial charge in [-0.15, -0.1) is 0 Å². The zero-order valence-electron chi connectivity index (χ0n) is 19.6. The molecule has 2 rings (SSSR count). The van der Waals surface area contributed by atoms with Crippen molar-refractivity contribution >= 4 is 23.5 Å². The highest BCUT2D eigenvalue weighted by atomic mass is 32.2. The number of hydrogen-bond donors (Lipinski definition) is 1. The smallest absolute Gasteiger partial charge is 0.261 e. The number of amides is 1. The van der Waals surface area contributed by atoms with Crippen LogP contribution in [0.4, 0.5) is 5.69 Å². The highest BCUT2D eigenvalue weighted by Gasteiger charge is 2.37. The van der Waals surface area contributed by atoms with E-state index in [0.717, 1.165) is 30.9 Å². The maximum atomic E-state index is 12.6. The molecule has 31 heavy (non-hydrogen) atoms. The van der Waals surface area contributed by atoms with Gasteiger partial charge in [-0.05, 0) is 68.2 Å². The van der Waals surface area contributed by atoms with Crippen LogP contribution in [0.15, 0.2) is 43.2 Å². The molecule has 1 N–H and O–H groups in total. The quantitative estimate of drug-likeness (QED) is 0.235. The van der Waals surface area contributed by atoms with Crippen molar-refractivity contribution in [3.05, 3.63) is 48.8 Å². The van der Waals surface area contributed by atoms with Crippen molar-refractivity contribution < 1.29 is 14.3 Å². The van der Waals surface area contributed by atoms with Crippen LogP contribution in [-0.2, 0) is 4.74 Å². The number of methoxy groups -OCH3 is 1. The van der Waals surface area contributed by atoms with Gasteiger partial charge in [-0.25, -0.2) is 0 Å². The predicted molar refractivity (Wildman–Crippen MR) is 132 cm³/mol. The molecule has 1 aliphatic carbocycles. The molecule has 1 aliphatic rings. The van der Waals surface area contributed by atoms with Gasteiger partial charge >= 0.3 is 0 Å². The number of allylic oxidation sites excluding steroid dienone is 1. The molecule has 3 unspecified atom stereocenters. The average molecular weight is 447 g/mol. The first-order valence-corrected chi connectivity index (χ1v) is 12.1. The fraction of sp³-hybridized carbons (Fsp3) is 0.560. The summed E-state index contributed by atoms with van der Waals surface area (Å²) >= 11 is 1.42. The minimum atomic E-state index is -0.0909. The van der Waals surface area contributed by atoms with Crippen LogP contribution in [0.2, 0.25) is 0 Å². The third-order valence-corrected chi connectivity index (χ3v) is 6.50. The van der Waals surface area contributed by atoms with Crippen LogP contribution in [0.5, 0.6) is 5.75 Å². The van der Waals surface area contributed by atoms with Gasteiger partial charge in [0.25, 0.3) is 5.91 Å². The van der Waals surface area contributed by atoms with Gasteiger partial charge < -0.3 is 14.4 Å². The van der Waals surface area contributed by atoms with Crippen molar-refractivity contribution in [2.24, 2.45) is 11.8 Å². The second kappa shape index (κ2) is 12.8. The van der Waals surface area contributed by atoms with Gasteiger partial charge in [0.15, 0.2) is 0 Å². The molecule has 1 fully saturated rings. The van der Waals surface area contributed by atoms with E-state index >= 15 is 0 Å². The van der Waals surface area contributed by atoms with E-state index in [1.54, 1.807) is 13.2 Å². The third kappa shape index (κ3) is 7.04. The van der Waals surface area contributed by atoms with Crippen LogP contribution < -0.4 is 14.4 Å². The van der Waals surface area contributed by atoms with Gasteiger partial charge in [-0.3, -0.25) is 9.52 Å². The van der Waals surface area contributed by atoms with Gasteiger partial charge in [0.2, 0.25) is 0 Å². The first kappa shape index (κ1) is 25.3. The van der Waals surface area contributed by atoms with E-state index < -0.39 is 0 Å². The number of carbonyl (C=O) groups excluding carboxylic acids is 1. The molecule has 1 amide bonds. The monoisotopic (exact) mass is 446 g/mol. The highest BCUT2D eigenvalue weighted by molar-refractivity contribution is 7.98. The third-order valence-electron chi connectivity index (χ3n) is 5.73. The summed E-state index contributed by atoms with van der Waals surface area (Å²) in [4.78, 5) is 14.9. The molecule has 172 valence electrons. The Kier molecular flexibility index (Phi) is 10.5. The molecule has 3 atom stereocenters. The minimum absolute atomic E-state index is 0.0909. The van der Waals surface area contributed by atoms with E-state index in [1.165, 1.54) is 31.1 Å². The van der Waals surface area contributed by atoms with E-state index in [4.69, 9.17) is 9.47 Å². The number of nitrogens with one attached hydrogen (secondary N) is 1. The maximum absolute atomic E-state index is 12.6. The van der Waals surface area contributed by atoms with Crippen LogP contribution in [0, 0.1) is 11.8 Å². The van der Waals surface area contributed by atoms with E-state index in [-0.39, 0.29) is 12.0 Å². The number of nitrogens with zero attached hydrogens (tertiary/aromatic N) is 1. The second-order valence-electron chi connectivity index (χ2n) is 8.14. The summed E-state index contributed by atoms with van der Waals surface area (Å²) in [6.45, 7) is 13.8. The lowest BCUT2D eigenvalue weighted by Crippen LogP contribution is -2.43. The van der Waals surface area contributed by atoms with Crippen LogP contribution in [0.3, 0.4) is 0 Å². The Hall–Kier alpha value is -1.92. The number of hydrogen-bond acceptors (Lipinski definition) is 5. The summed E-state index contributed by atoms with van der Waals surface area (Å²) in [5, 5.41) is 0.324. The lowest BCUT2D eigenvalue weighted by atomic mass is 9.70. The lowest BCUT2D eigenvalue weighted by Gasteiger charge is -2.43. The fourth-order valence-corrected chi connectivity index (χ4v) is 4.39. The summed E-state index contributed by atoms with van der Waals surface area (Å²) in [7, 11) is 1.80. The largest absolute Gasteiger partial charge is 0.463 e. The zero-order valence-corrected chi connectivity index (χ0v) is 20.4. The normalized spacial score (nSPS) is 19.2. The summed E-state index contributed by atoms with van der Waals surface area (Å²) in [6, 6.07) is 5.58. The predicted octanol–water partition coefficient (Wildman–Crippen LogP) is 5.83. The summed E-state index contributed by atoms with van der Waals surface area (Å²) in [6.07, 6.45) is 9.37. The van der Waals surface area contributed by atoms with Gasteiger partial charge in [0, 0.05) is 31.0 Å². The Morgan fingerprint density at radius 1 is 1.35 bits per heavy atom. The Balaban J connectivity index is 2.21. The summed E-state index contributed by atoms with van der Waals surface area (Å²) in [5.74, 6) is 1.68. The highest BCUT2D eigenvalue weighted by Crippen LogP contribution is 2.41. The Morgan fingerprint density at radius 3 is 2.68 bits per heavy atom. The number of anilines is 1. The van der Waals surface area contributed by atoms with Gasteiger partial charge in [-0.2, -0.15) is 0 Å². The number of benzene rings is 1. The van der Waals surface area contributed by atoms with E-state index in [9.17, 15) is 4.79 Å². The Bertz CT molecular complexity index is 750. The molecule has 0 bridgehead atoms. The van der Waals surface area contributed by atoms with Crippen molar-refractivity contribution in [2.75, 3.05) is 25.1 Å². The Morgan fingerprint density at radius 2 is 2.13 bits per heavy atom.